The molecule has 4 nitrogen and oxygen atoms in total. The molecule has 2 aromatic heterocycles. The largest absolute Gasteiger partial charge is 0.379 e. The smallest absolute Gasteiger partial charge is 0.138 e. The molecule has 5 heteroatoms. The highest BCUT2D eigenvalue weighted by Crippen LogP contribution is 2.23. The fourth-order valence-corrected chi connectivity index (χ4v) is 2.55. The zero-order chi connectivity index (χ0) is 11.7. The van der Waals surface area contributed by atoms with E-state index in [1.54, 1.807) is 6.20 Å². The Labute approximate surface area is 108 Å². The average molecular weight is 296 g/mol. The fourth-order valence-electron chi connectivity index (χ4n) is 2.13. The summed E-state index contributed by atoms with van der Waals surface area (Å²) in [7, 11) is 0. The highest BCUT2D eigenvalue weighted by molar-refractivity contribution is 9.10. The van der Waals surface area contributed by atoms with Gasteiger partial charge in [0, 0.05) is 41.4 Å². The Bertz CT molecular complexity index is 519. The number of ether oxygens (including phenoxy) is 1. The molecular formula is C12H14BrN3O. The molecule has 1 N–H and O–H groups in total. The van der Waals surface area contributed by atoms with Gasteiger partial charge < -0.3 is 9.72 Å². The van der Waals surface area contributed by atoms with Crippen molar-refractivity contribution in [3.05, 3.63) is 28.5 Å². The summed E-state index contributed by atoms with van der Waals surface area (Å²) in [6.07, 6.45) is 1.81. The van der Waals surface area contributed by atoms with Crippen molar-refractivity contribution in [1.82, 2.24) is 14.9 Å². The topological polar surface area (TPSA) is 41.2 Å². The van der Waals surface area contributed by atoms with E-state index in [4.69, 9.17) is 4.74 Å². The van der Waals surface area contributed by atoms with Crippen molar-refractivity contribution in [1.29, 1.82) is 0 Å². The van der Waals surface area contributed by atoms with Gasteiger partial charge in [-0.25, -0.2) is 4.98 Å². The number of hydrogen-bond acceptors (Lipinski definition) is 3. The third-order valence-corrected chi connectivity index (χ3v) is 3.72. The van der Waals surface area contributed by atoms with Gasteiger partial charge in [0.15, 0.2) is 0 Å². The first-order valence-corrected chi connectivity index (χ1v) is 6.54. The second-order valence-electron chi connectivity index (χ2n) is 4.24. The molecule has 90 valence electrons. The molecule has 1 saturated heterocycles. The van der Waals surface area contributed by atoms with Crippen molar-refractivity contribution in [3.8, 4) is 0 Å². The van der Waals surface area contributed by atoms with Crippen LogP contribution in [0.25, 0.3) is 11.0 Å². The first-order valence-electron chi connectivity index (χ1n) is 5.75. The molecule has 0 aromatic carbocycles. The van der Waals surface area contributed by atoms with E-state index in [0.717, 1.165) is 48.4 Å². The van der Waals surface area contributed by atoms with E-state index in [-0.39, 0.29) is 0 Å². The molecule has 3 heterocycles. The summed E-state index contributed by atoms with van der Waals surface area (Å²) >= 11 is 3.54. The van der Waals surface area contributed by atoms with E-state index in [2.05, 4.69) is 36.9 Å². The van der Waals surface area contributed by atoms with Crippen LogP contribution >= 0.6 is 15.9 Å². The third-order valence-electron chi connectivity index (χ3n) is 3.03. The summed E-state index contributed by atoms with van der Waals surface area (Å²) in [5, 5.41) is 1.15. The second kappa shape index (κ2) is 4.76. The molecule has 0 radical (unpaired) electrons. The summed E-state index contributed by atoms with van der Waals surface area (Å²) in [5.41, 5.74) is 2.16. The van der Waals surface area contributed by atoms with Crippen LogP contribution in [0.15, 0.2) is 22.8 Å². The number of aromatic amines is 1. The lowest BCUT2D eigenvalue weighted by Gasteiger charge is -2.25. The Kier molecular flexibility index (Phi) is 3.13. The molecule has 1 fully saturated rings. The van der Waals surface area contributed by atoms with Crippen LogP contribution in [0.1, 0.15) is 5.69 Å². The normalized spacial score (nSPS) is 17.7. The quantitative estimate of drug-likeness (QED) is 0.923. The van der Waals surface area contributed by atoms with E-state index in [1.807, 2.05) is 6.07 Å². The van der Waals surface area contributed by atoms with Gasteiger partial charge in [-0.1, -0.05) is 0 Å². The Morgan fingerprint density at radius 2 is 2.24 bits per heavy atom. The highest BCUT2D eigenvalue weighted by atomic mass is 79.9. The number of halogens is 1. The van der Waals surface area contributed by atoms with Gasteiger partial charge in [-0.3, -0.25) is 4.90 Å². The minimum atomic E-state index is 0.835. The van der Waals surface area contributed by atoms with Crippen LogP contribution in [0.4, 0.5) is 0 Å². The van der Waals surface area contributed by atoms with E-state index in [9.17, 15) is 0 Å². The first-order chi connectivity index (χ1) is 8.33. The van der Waals surface area contributed by atoms with Crippen molar-refractivity contribution in [2.75, 3.05) is 26.3 Å². The van der Waals surface area contributed by atoms with Crippen LogP contribution in [-0.2, 0) is 11.3 Å². The van der Waals surface area contributed by atoms with E-state index >= 15 is 0 Å². The number of nitrogens with zero attached hydrogens (tertiary/aromatic N) is 2. The van der Waals surface area contributed by atoms with Gasteiger partial charge in [0.1, 0.15) is 5.65 Å². The molecule has 0 saturated carbocycles. The molecule has 0 unspecified atom stereocenters. The van der Waals surface area contributed by atoms with Crippen molar-refractivity contribution in [2.45, 2.75) is 6.54 Å². The standard InChI is InChI=1S/C12H14BrN3O/c13-11-1-2-14-12-10(11)7-9(15-12)8-16-3-5-17-6-4-16/h1-2,7H,3-6,8H2,(H,14,15). The van der Waals surface area contributed by atoms with Crippen LogP contribution < -0.4 is 0 Å². The fraction of sp³-hybridized carbons (Fsp3) is 0.417. The SMILES string of the molecule is Brc1ccnc2[nH]c(CN3CCOCC3)cc12. The molecule has 1 aliphatic heterocycles. The molecule has 0 spiro atoms. The molecular weight excluding hydrogens is 282 g/mol. The van der Waals surface area contributed by atoms with Gasteiger partial charge in [0.25, 0.3) is 0 Å². The van der Waals surface area contributed by atoms with Gasteiger partial charge in [-0.15, -0.1) is 0 Å². The second-order valence-corrected chi connectivity index (χ2v) is 5.09. The van der Waals surface area contributed by atoms with Gasteiger partial charge >= 0.3 is 0 Å². The Morgan fingerprint density at radius 3 is 3.00 bits per heavy atom. The number of morpholine rings is 1. The number of H-pyrrole nitrogens is 1. The Morgan fingerprint density at radius 1 is 1.41 bits per heavy atom. The summed E-state index contributed by atoms with van der Waals surface area (Å²) in [6, 6.07) is 4.14. The number of aromatic nitrogens is 2. The van der Waals surface area contributed by atoms with Crippen LogP contribution in [-0.4, -0.2) is 41.2 Å². The van der Waals surface area contributed by atoms with Gasteiger partial charge in [-0.2, -0.15) is 0 Å². The molecule has 3 rings (SSSR count). The third kappa shape index (κ3) is 2.36. The number of hydrogen-bond donors (Lipinski definition) is 1. The maximum atomic E-state index is 5.34. The summed E-state index contributed by atoms with van der Waals surface area (Å²) in [4.78, 5) is 10.1. The maximum absolute atomic E-state index is 5.34. The van der Waals surface area contributed by atoms with Gasteiger partial charge in [0.2, 0.25) is 0 Å². The Balaban J connectivity index is 1.83. The van der Waals surface area contributed by atoms with Crippen LogP contribution in [0.2, 0.25) is 0 Å². The van der Waals surface area contributed by atoms with Crippen molar-refractivity contribution in [3.63, 3.8) is 0 Å². The van der Waals surface area contributed by atoms with Crippen LogP contribution in [0.5, 0.6) is 0 Å². The van der Waals surface area contributed by atoms with Crippen molar-refractivity contribution >= 4 is 27.0 Å². The zero-order valence-corrected chi connectivity index (χ0v) is 11.0. The van der Waals surface area contributed by atoms with Crippen LogP contribution in [0.3, 0.4) is 0 Å². The lowest BCUT2D eigenvalue weighted by atomic mass is 10.3. The lowest BCUT2D eigenvalue weighted by Crippen LogP contribution is -2.35. The molecule has 17 heavy (non-hydrogen) atoms. The molecule has 1 aliphatic rings. The van der Waals surface area contributed by atoms with Crippen molar-refractivity contribution < 1.29 is 4.74 Å². The monoisotopic (exact) mass is 295 g/mol. The maximum Gasteiger partial charge on any atom is 0.138 e. The van der Waals surface area contributed by atoms with Crippen molar-refractivity contribution in [2.24, 2.45) is 0 Å². The minimum absolute atomic E-state index is 0.835. The van der Waals surface area contributed by atoms with E-state index in [1.165, 1.54) is 5.69 Å². The molecule has 0 bridgehead atoms. The first kappa shape index (κ1) is 11.2. The van der Waals surface area contributed by atoms with E-state index in [0.29, 0.717) is 0 Å². The number of pyridine rings is 1. The summed E-state index contributed by atoms with van der Waals surface area (Å²) in [5.74, 6) is 0. The van der Waals surface area contributed by atoms with Gasteiger partial charge in [0.05, 0.1) is 13.2 Å². The molecule has 0 aliphatic carbocycles. The molecule has 0 atom stereocenters. The predicted octanol–water partition coefficient (Wildman–Crippen LogP) is 2.16. The summed E-state index contributed by atoms with van der Waals surface area (Å²) < 4.78 is 6.43. The zero-order valence-electron chi connectivity index (χ0n) is 9.45. The van der Waals surface area contributed by atoms with Crippen LogP contribution in [0, 0.1) is 0 Å². The number of rotatable bonds is 2. The molecule has 2 aromatic rings. The average Bonchev–Trinajstić information content (AvgIpc) is 2.74. The summed E-state index contributed by atoms with van der Waals surface area (Å²) in [6.45, 7) is 4.62. The molecule has 0 amide bonds. The highest BCUT2D eigenvalue weighted by Gasteiger charge is 2.12. The minimum Gasteiger partial charge on any atom is -0.379 e. The number of fused-ring (bicyclic) bond motifs is 1. The van der Waals surface area contributed by atoms with E-state index < -0.39 is 0 Å². The number of nitrogens with one attached hydrogen (secondary N) is 1. The Hall–Kier alpha value is -0.910. The van der Waals surface area contributed by atoms with Gasteiger partial charge in [-0.05, 0) is 28.1 Å². The lowest BCUT2D eigenvalue weighted by molar-refractivity contribution is 0.0337. The predicted molar refractivity (Wildman–Crippen MR) is 69.9 cm³/mol.